The van der Waals surface area contributed by atoms with Crippen molar-refractivity contribution in [3.8, 4) is 17.2 Å². The average molecular weight is 198 g/mol. The predicted octanol–water partition coefficient (Wildman–Crippen LogP) is 0.169. The lowest BCUT2D eigenvalue weighted by molar-refractivity contribution is -0.386. The van der Waals surface area contributed by atoms with Gasteiger partial charge >= 0.3 is 5.69 Å². The molecule has 0 aliphatic rings. The van der Waals surface area contributed by atoms with Crippen molar-refractivity contribution in [1.29, 1.82) is 0 Å². The Balaban J connectivity index is 3.60. The highest BCUT2D eigenvalue weighted by Gasteiger charge is 2.26. The predicted molar refractivity (Wildman–Crippen MR) is 42.9 cm³/mol. The van der Waals surface area contributed by atoms with Gasteiger partial charge in [-0.3, -0.25) is 14.9 Å². The van der Waals surface area contributed by atoms with E-state index in [9.17, 15) is 14.9 Å². The minimum Gasteiger partial charge on any atom is -0.507 e. The number of hydrogen-bond acceptors (Lipinski definition) is 6. The third kappa shape index (κ3) is 1.30. The molecule has 0 spiro atoms. The summed E-state index contributed by atoms with van der Waals surface area (Å²) in [7, 11) is 0. The van der Waals surface area contributed by atoms with E-state index in [2.05, 4.69) is 0 Å². The Morgan fingerprint density at radius 2 is 1.86 bits per heavy atom. The smallest absolute Gasteiger partial charge is 0.352 e. The van der Waals surface area contributed by atoms with E-state index in [4.69, 9.17) is 15.3 Å². The van der Waals surface area contributed by atoms with E-state index in [0.717, 1.165) is 6.29 Å². The molecule has 0 heterocycles. The number of rotatable bonds is 2. The molecule has 14 heavy (non-hydrogen) atoms. The SMILES string of the molecule is O=[C]c1c(O)cc(O)c([N+](=O)[O-])c1O. The molecule has 0 amide bonds. The molecule has 7 heteroatoms. The van der Waals surface area contributed by atoms with Crippen LogP contribution < -0.4 is 0 Å². The van der Waals surface area contributed by atoms with E-state index in [1.165, 1.54) is 0 Å². The first kappa shape index (κ1) is 9.78. The van der Waals surface area contributed by atoms with Crippen molar-refractivity contribution in [1.82, 2.24) is 0 Å². The van der Waals surface area contributed by atoms with Gasteiger partial charge in [-0.05, 0) is 0 Å². The van der Waals surface area contributed by atoms with E-state index in [-0.39, 0.29) is 0 Å². The number of aromatic hydroxyl groups is 3. The van der Waals surface area contributed by atoms with Crippen LogP contribution in [-0.4, -0.2) is 26.5 Å². The van der Waals surface area contributed by atoms with Gasteiger partial charge in [0.2, 0.25) is 17.8 Å². The van der Waals surface area contributed by atoms with Gasteiger partial charge in [-0.1, -0.05) is 0 Å². The van der Waals surface area contributed by atoms with Crippen molar-refractivity contribution in [3.05, 3.63) is 21.7 Å². The standard InChI is InChI=1S/C7H4NO6/c9-2-3-4(10)1-5(11)6(7(3)12)8(13)14/h1,10-12H. The first-order chi connectivity index (χ1) is 6.49. The molecule has 0 aromatic heterocycles. The third-order valence-electron chi connectivity index (χ3n) is 1.52. The van der Waals surface area contributed by atoms with Crippen LogP contribution in [0.15, 0.2) is 6.07 Å². The fourth-order valence-corrected chi connectivity index (χ4v) is 0.912. The summed E-state index contributed by atoms with van der Waals surface area (Å²) in [5.41, 5.74) is -1.80. The lowest BCUT2D eigenvalue weighted by Gasteiger charge is -2.02. The normalized spacial score (nSPS) is 9.71. The van der Waals surface area contributed by atoms with Crippen LogP contribution >= 0.6 is 0 Å². The maximum Gasteiger partial charge on any atom is 0.352 e. The van der Waals surface area contributed by atoms with E-state index < -0.39 is 33.4 Å². The summed E-state index contributed by atoms with van der Waals surface area (Å²) in [6.07, 6.45) is 1.12. The largest absolute Gasteiger partial charge is 0.507 e. The molecule has 0 aliphatic carbocycles. The summed E-state index contributed by atoms with van der Waals surface area (Å²) in [5.74, 6) is -2.81. The molecule has 0 saturated carbocycles. The van der Waals surface area contributed by atoms with Crippen LogP contribution in [0, 0.1) is 10.1 Å². The van der Waals surface area contributed by atoms with Crippen molar-refractivity contribution in [2.45, 2.75) is 0 Å². The average Bonchev–Trinajstić information content (AvgIpc) is 2.02. The summed E-state index contributed by atoms with van der Waals surface area (Å²) < 4.78 is 0. The van der Waals surface area contributed by atoms with Gasteiger partial charge in [-0.25, -0.2) is 0 Å². The fraction of sp³-hybridized carbons (Fsp3) is 0. The summed E-state index contributed by atoms with van der Waals surface area (Å²) >= 11 is 0. The van der Waals surface area contributed by atoms with Crippen LogP contribution in [0.1, 0.15) is 5.56 Å². The van der Waals surface area contributed by atoms with Crippen LogP contribution in [0.3, 0.4) is 0 Å². The van der Waals surface area contributed by atoms with Gasteiger partial charge in [-0.15, -0.1) is 0 Å². The molecule has 1 aromatic rings. The third-order valence-corrected chi connectivity index (χ3v) is 1.52. The maximum absolute atomic E-state index is 10.3. The number of nitro groups is 1. The van der Waals surface area contributed by atoms with Crippen molar-refractivity contribution >= 4 is 12.0 Å². The van der Waals surface area contributed by atoms with E-state index >= 15 is 0 Å². The minimum absolute atomic E-state index is 0.581. The summed E-state index contributed by atoms with van der Waals surface area (Å²) in [4.78, 5) is 19.4. The van der Waals surface area contributed by atoms with E-state index in [1.54, 1.807) is 0 Å². The van der Waals surface area contributed by atoms with E-state index in [0.29, 0.717) is 6.07 Å². The monoisotopic (exact) mass is 198 g/mol. The summed E-state index contributed by atoms with van der Waals surface area (Å²) in [5, 5.41) is 37.3. The lowest BCUT2D eigenvalue weighted by atomic mass is 10.1. The Kier molecular flexibility index (Phi) is 2.24. The molecule has 0 saturated heterocycles. The van der Waals surface area contributed by atoms with Gasteiger partial charge in [0, 0.05) is 6.07 Å². The van der Waals surface area contributed by atoms with Crippen molar-refractivity contribution in [3.63, 3.8) is 0 Å². The Bertz CT molecular complexity index is 413. The second kappa shape index (κ2) is 3.21. The molecule has 0 aliphatic heterocycles. The number of carbonyl (C=O) groups excluding carboxylic acids is 1. The Morgan fingerprint density at radius 3 is 2.29 bits per heavy atom. The molecular formula is C7H4NO6. The first-order valence-electron chi connectivity index (χ1n) is 3.29. The van der Waals surface area contributed by atoms with Crippen molar-refractivity contribution in [2.75, 3.05) is 0 Å². The zero-order valence-electron chi connectivity index (χ0n) is 6.59. The highest BCUT2D eigenvalue weighted by Crippen LogP contribution is 2.41. The number of hydrogen-bond donors (Lipinski definition) is 3. The Labute approximate surface area is 77.0 Å². The van der Waals surface area contributed by atoms with Gasteiger partial charge in [-0.2, -0.15) is 0 Å². The zero-order chi connectivity index (χ0) is 10.9. The number of benzene rings is 1. The number of nitro benzene ring substituents is 1. The zero-order valence-corrected chi connectivity index (χ0v) is 6.59. The van der Waals surface area contributed by atoms with Crippen LogP contribution in [-0.2, 0) is 4.79 Å². The quantitative estimate of drug-likeness (QED) is 0.460. The molecule has 1 rings (SSSR count). The number of nitrogens with zero attached hydrogens (tertiary/aromatic N) is 1. The molecule has 7 nitrogen and oxygen atoms in total. The minimum atomic E-state index is -1.11. The molecule has 73 valence electrons. The second-order valence-corrected chi connectivity index (χ2v) is 2.35. The van der Waals surface area contributed by atoms with Crippen LogP contribution in [0.2, 0.25) is 0 Å². The molecule has 0 bridgehead atoms. The maximum atomic E-state index is 10.3. The number of phenols is 3. The topological polar surface area (TPSA) is 121 Å². The molecule has 0 unspecified atom stereocenters. The second-order valence-electron chi connectivity index (χ2n) is 2.35. The van der Waals surface area contributed by atoms with Crippen LogP contribution in [0.25, 0.3) is 0 Å². The summed E-state index contributed by atoms with van der Waals surface area (Å²) in [6.45, 7) is 0. The van der Waals surface area contributed by atoms with Crippen LogP contribution in [0.5, 0.6) is 17.2 Å². The Morgan fingerprint density at radius 1 is 1.29 bits per heavy atom. The molecule has 1 aromatic carbocycles. The van der Waals surface area contributed by atoms with Gasteiger partial charge in [0.25, 0.3) is 0 Å². The van der Waals surface area contributed by atoms with Crippen LogP contribution in [0.4, 0.5) is 5.69 Å². The van der Waals surface area contributed by atoms with Gasteiger partial charge in [0.1, 0.15) is 11.3 Å². The molecule has 0 fully saturated rings. The van der Waals surface area contributed by atoms with Gasteiger partial charge in [0.15, 0.2) is 0 Å². The highest BCUT2D eigenvalue weighted by atomic mass is 16.6. The van der Waals surface area contributed by atoms with Crippen molar-refractivity contribution < 1.29 is 25.0 Å². The first-order valence-corrected chi connectivity index (χ1v) is 3.29. The fourth-order valence-electron chi connectivity index (χ4n) is 0.912. The lowest BCUT2D eigenvalue weighted by Crippen LogP contribution is -1.93. The molecule has 0 atom stereocenters. The summed E-state index contributed by atoms with van der Waals surface area (Å²) in [6, 6.07) is 0.581. The highest BCUT2D eigenvalue weighted by molar-refractivity contribution is 5.87. The molecule has 1 radical (unpaired) electrons. The molecular weight excluding hydrogens is 194 g/mol. The molecule has 3 N–H and O–H groups in total. The van der Waals surface area contributed by atoms with Crippen molar-refractivity contribution in [2.24, 2.45) is 0 Å². The van der Waals surface area contributed by atoms with E-state index in [1.807, 2.05) is 0 Å². The Hall–Kier alpha value is -2.31. The van der Waals surface area contributed by atoms with Gasteiger partial charge in [0.05, 0.1) is 4.92 Å². The van der Waals surface area contributed by atoms with Gasteiger partial charge < -0.3 is 15.3 Å². The number of phenolic OH excluding ortho intramolecular Hbond substituents is 3.